The predicted octanol–water partition coefficient (Wildman–Crippen LogP) is 1.84. The van der Waals surface area contributed by atoms with Crippen LogP contribution in [0.15, 0.2) is 12.7 Å². The molecular formula is C10H17N3O. The SMILES string of the molecule is CCC(C(=O)C(C)(C)C)n1cncn1. The van der Waals surface area contributed by atoms with Crippen molar-refractivity contribution in [3.63, 3.8) is 0 Å². The minimum absolute atomic E-state index is 0.183. The highest BCUT2D eigenvalue weighted by molar-refractivity contribution is 5.87. The van der Waals surface area contributed by atoms with Gasteiger partial charge in [0.2, 0.25) is 0 Å². The molecule has 0 aliphatic heterocycles. The third-order valence-corrected chi connectivity index (χ3v) is 2.18. The van der Waals surface area contributed by atoms with Crippen LogP contribution in [0.2, 0.25) is 0 Å². The molecule has 1 aromatic rings. The second kappa shape index (κ2) is 3.90. The van der Waals surface area contributed by atoms with Gasteiger partial charge >= 0.3 is 0 Å². The fourth-order valence-electron chi connectivity index (χ4n) is 1.37. The molecule has 0 radical (unpaired) electrons. The van der Waals surface area contributed by atoms with E-state index >= 15 is 0 Å². The average molecular weight is 195 g/mol. The quantitative estimate of drug-likeness (QED) is 0.739. The molecule has 1 rings (SSSR count). The lowest BCUT2D eigenvalue weighted by Crippen LogP contribution is -2.30. The van der Waals surface area contributed by atoms with Crippen molar-refractivity contribution < 1.29 is 4.79 Å². The van der Waals surface area contributed by atoms with Crippen LogP contribution in [0.1, 0.15) is 40.2 Å². The molecule has 0 N–H and O–H groups in total. The van der Waals surface area contributed by atoms with E-state index in [-0.39, 0.29) is 17.2 Å². The highest BCUT2D eigenvalue weighted by atomic mass is 16.1. The number of carbonyl (C=O) groups excluding carboxylic acids is 1. The first-order chi connectivity index (χ1) is 6.46. The second-order valence-corrected chi connectivity index (χ2v) is 4.41. The Labute approximate surface area is 84.3 Å². The van der Waals surface area contributed by atoms with Gasteiger partial charge in [0.15, 0.2) is 5.78 Å². The van der Waals surface area contributed by atoms with Gasteiger partial charge in [-0.2, -0.15) is 5.10 Å². The first-order valence-electron chi connectivity index (χ1n) is 4.85. The summed E-state index contributed by atoms with van der Waals surface area (Å²) in [5, 5.41) is 4.01. The molecule has 1 aromatic heterocycles. The van der Waals surface area contributed by atoms with E-state index in [1.807, 2.05) is 27.7 Å². The van der Waals surface area contributed by atoms with Gasteiger partial charge in [-0.25, -0.2) is 9.67 Å². The van der Waals surface area contributed by atoms with Crippen molar-refractivity contribution in [3.8, 4) is 0 Å². The Bertz CT molecular complexity index is 298. The van der Waals surface area contributed by atoms with Crippen molar-refractivity contribution in [2.24, 2.45) is 5.41 Å². The highest BCUT2D eigenvalue weighted by Crippen LogP contribution is 2.24. The zero-order valence-corrected chi connectivity index (χ0v) is 9.19. The smallest absolute Gasteiger partial charge is 0.162 e. The molecule has 14 heavy (non-hydrogen) atoms. The van der Waals surface area contributed by atoms with Crippen LogP contribution >= 0.6 is 0 Å². The van der Waals surface area contributed by atoms with Crippen LogP contribution in [0.4, 0.5) is 0 Å². The normalized spacial score (nSPS) is 14.0. The van der Waals surface area contributed by atoms with E-state index in [1.165, 1.54) is 6.33 Å². The Morgan fingerprint density at radius 3 is 2.50 bits per heavy atom. The van der Waals surface area contributed by atoms with Gasteiger partial charge in [-0.05, 0) is 6.42 Å². The Morgan fingerprint density at radius 1 is 1.50 bits per heavy atom. The van der Waals surface area contributed by atoms with Crippen LogP contribution in [-0.2, 0) is 4.79 Å². The average Bonchev–Trinajstić information content (AvgIpc) is 2.57. The molecule has 4 heteroatoms. The van der Waals surface area contributed by atoms with Crippen LogP contribution in [0.5, 0.6) is 0 Å². The van der Waals surface area contributed by atoms with Crippen LogP contribution in [0.25, 0.3) is 0 Å². The van der Waals surface area contributed by atoms with Gasteiger partial charge in [-0.15, -0.1) is 0 Å². The van der Waals surface area contributed by atoms with Crippen molar-refractivity contribution >= 4 is 5.78 Å². The summed E-state index contributed by atoms with van der Waals surface area (Å²) in [5.41, 5.74) is -0.327. The molecule has 0 aromatic carbocycles. The Morgan fingerprint density at radius 2 is 2.14 bits per heavy atom. The Kier molecular flexibility index (Phi) is 3.03. The van der Waals surface area contributed by atoms with Crippen molar-refractivity contribution in [1.29, 1.82) is 0 Å². The van der Waals surface area contributed by atoms with E-state index in [0.29, 0.717) is 0 Å². The second-order valence-electron chi connectivity index (χ2n) is 4.41. The van der Waals surface area contributed by atoms with E-state index in [9.17, 15) is 4.79 Å². The van der Waals surface area contributed by atoms with E-state index in [1.54, 1.807) is 11.0 Å². The first kappa shape index (κ1) is 10.9. The largest absolute Gasteiger partial charge is 0.297 e. The van der Waals surface area contributed by atoms with Gasteiger partial charge in [0.25, 0.3) is 0 Å². The number of aromatic nitrogens is 3. The first-order valence-corrected chi connectivity index (χ1v) is 4.85. The molecule has 0 aliphatic rings. The van der Waals surface area contributed by atoms with E-state index in [4.69, 9.17) is 0 Å². The summed E-state index contributed by atoms with van der Waals surface area (Å²) in [4.78, 5) is 15.9. The van der Waals surface area contributed by atoms with Crippen LogP contribution in [-0.4, -0.2) is 20.5 Å². The van der Waals surface area contributed by atoms with E-state index < -0.39 is 0 Å². The summed E-state index contributed by atoms with van der Waals surface area (Å²) in [6.07, 6.45) is 3.80. The summed E-state index contributed by atoms with van der Waals surface area (Å²) in [6, 6.07) is -0.183. The summed E-state index contributed by atoms with van der Waals surface area (Å²) in [5.74, 6) is 0.200. The minimum Gasteiger partial charge on any atom is -0.297 e. The minimum atomic E-state index is -0.327. The predicted molar refractivity (Wildman–Crippen MR) is 53.8 cm³/mol. The lowest BCUT2D eigenvalue weighted by atomic mass is 9.85. The summed E-state index contributed by atoms with van der Waals surface area (Å²) in [6.45, 7) is 7.76. The molecule has 0 saturated heterocycles. The molecule has 78 valence electrons. The third-order valence-electron chi connectivity index (χ3n) is 2.18. The number of hydrogen-bond donors (Lipinski definition) is 0. The van der Waals surface area contributed by atoms with Crippen molar-refractivity contribution in [3.05, 3.63) is 12.7 Å². The van der Waals surface area contributed by atoms with E-state index in [2.05, 4.69) is 10.1 Å². The maximum absolute atomic E-state index is 12.0. The maximum Gasteiger partial charge on any atom is 0.162 e. The zero-order chi connectivity index (χ0) is 10.8. The summed E-state index contributed by atoms with van der Waals surface area (Å²) >= 11 is 0. The topological polar surface area (TPSA) is 47.8 Å². The lowest BCUT2D eigenvalue weighted by molar-refractivity contribution is -0.130. The Hall–Kier alpha value is -1.19. The van der Waals surface area contributed by atoms with Crippen LogP contribution < -0.4 is 0 Å². The van der Waals surface area contributed by atoms with Gasteiger partial charge in [-0.3, -0.25) is 4.79 Å². The standard InChI is InChI=1S/C10H17N3O/c1-5-8(9(14)10(2,3)4)13-7-11-6-12-13/h6-8H,5H2,1-4H3. The monoisotopic (exact) mass is 195 g/mol. The van der Waals surface area contributed by atoms with Crippen LogP contribution in [0, 0.1) is 5.41 Å². The fourth-order valence-corrected chi connectivity index (χ4v) is 1.37. The van der Waals surface area contributed by atoms with Crippen molar-refractivity contribution in [2.45, 2.75) is 40.2 Å². The number of Topliss-reactive ketones (excluding diaryl/α,β-unsaturated/α-hetero) is 1. The number of ketones is 1. The van der Waals surface area contributed by atoms with Gasteiger partial charge in [0.1, 0.15) is 18.7 Å². The number of hydrogen-bond acceptors (Lipinski definition) is 3. The molecular weight excluding hydrogens is 178 g/mol. The van der Waals surface area contributed by atoms with Gasteiger partial charge < -0.3 is 0 Å². The molecule has 1 atom stereocenters. The zero-order valence-electron chi connectivity index (χ0n) is 9.19. The van der Waals surface area contributed by atoms with E-state index in [0.717, 1.165) is 6.42 Å². The Balaban J connectivity index is 2.89. The maximum atomic E-state index is 12.0. The molecule has 0 spiro atoms. The number of rotatable bonds is 3. The van der Waals surface area contributed by atoms with Crippen molar-refractivity contribution in [2.75, 3.05) is 0 Å². The molecule has 4 nitrogen and oxygen atoms in total. The molecule has 0 saturated carbocycles. The number of carbonyl (C=O) groups is 1. The third kappa shape index (κ3) is 2.19. The fraction of sp³-hybridized carbons (Fsp3) is 0.700. The molecule has 0 aliphatic carbocycles. The molecule has 0 amide bonds. The molecule has 1 unspecified atom stereocenters. The van der Waals surface area contributed by atoms with Gasteiger partial charge in [0.05, 0.1) is 0 Å². The van der Waals surface area contributed by atoms with Gasteiger partial charge in [0, 0.05) is 5.41 Å². The number of nitrogens with zero attached hydrogens (tertiary/aromatic N) is 3. The highest BCUT2D eigenvalue weighted by Gasteiger charge is 2.29. The van der Waals surface area contributed by atoms with Crippen molar-refractivity contribution in [1.82, 2.24) is 14.8 Å². The molecule has 1 heterocycles. The van der Waals surface area contributed by atoms with Crippen LogP contribution in [0.3, 0.4) is 0 Å². The van der Waals surface area contributed by atoms with Gasteiger partial charge in [-0.1, -0.05) is 27.7 Å². The summed E-state index contributed by atoms with van der Waals surface area (Å²) in [7, 11) is 0. The summed E-state index contributed by atoms with van der Waals surface area (Å²) < 4.78 is 1.63. The molecule has 0 fully saturated rings. The lowest BCUT2D eigenvalue weighted by Gasteiger charge is -2.23. The molecule has 0 bridgehead atoms.